The monoisotopic (exact) mass is 380 g/mol. The number of anilines is 2. The summed E-state index contributed by atoms with van der Waals surface area (Å²) < 4.78 is 6.93. The molecule has 0 saturated carbocycles. The van der Waals surface area contributed by atoms with Crippen LogP contribution in [-0.2, 0) is 11.2 Å². The van der Waals surface area contributed by atoms with E-state index in [-0.39, 0.29) is 5.91 Å². The van der Waals surface area contributed by atoms with Gasteiger partial charge in [-0.15, -0.1) is 0 Å². The predicted molar refractivity (Wildman–Crippen MR) is 87.0 cm³/mol. The number of amides is 1. The molecule has 0 atom stereocenters. The number of aryl methyl sites for hydroxylation is 1. The number of hydrogen-bond donors (Lipinski definition) is 2. The van der Waals surface area contributed by atoms with Crippen molar-refractivity contribution in [1.29, 1.82) is 0 Å². The number of carbonyl (C=O) groups is 1. The Kier molecular flexibility index (Phi) is 3.52. The van der Waals surface area contributed by atoms with Crippen LogP contribution < -0.4 is 15.8 Å². The van der Waals surface area contributed by atoms with Crippen LogP contribution >= 0.6 is 22.6 Å². The van der Waals surface area contributed by atoms with Crippen molar-refractivity contribution in [2.75, 3.05) is 11.1 Å². The average molecular weight is 380 g/mol. The zero-order chi connectivity index (χ0) is 14.1. The molecular weight excluding hydrogens is 367 g/mol. The van der Waals surface area contributed by atoms with E-state index in [2.05, 4.69) is 27.9 Å². The minimum absolute atomic E-state index is 0.0301. The van der Waals surface area contributed by atoms with Crippen LogP contribution in [0.4, 0.5) is 11.4 Å². The number of nitrogens with one attached hydrogen (secondary N) is 1. The molecule has 0 saturated heterocycles. The molecule has 20 heavy (non-hydrogen) atoms. The first kappa shape index (κ1) is 13.2. The van der Waals surface area contributed by atoms with Crippen LogP contribution in [0.25, 0.3) is 0 Å². The average Bonchev–Trinajstić information content (AvgIpc) is 2.42. The molecule has 0 bridgehead atoms. The van der Waals surface area contributed by atoms with E-state index in [1.807, 2.05) is 30.3 Å². The van der Waals surface area contributed by atoms with E-state index in [4.69, 9.17) is 10.5 Å². The minimum atomic E-state index is 0.0301. The molecule has 3 rings (SSSR count). The van der Waals surface area contributed by atoms with Gasteiger partial charge in [-0.1, -0.05) is 0 Å². The number of fused-ring (bicyclic) bond motifs is 1. The van der Waals surface area contributed by atoms with Gasteiger partial charge < -0.3 is 15.8 Å². The summed E-state index contributed by atoms with van der Waals surface area (Å²) >= 11 is 2.24. The van der Waals surface area contributed by atoms with Gasteiger partial charge in [0.1, 0.15) is 5.75 Å². The summed E-state index contributed by atoms with van der Waals surface area (Å²) in [7, 11) is 0. The topological polar surface area (TPSA) is 64.3 Å². The molecule has 3 N–H and O–H groups in total. The molecule has 1 heterocycles. The van der Waals surface area contributed by atoms with Crippen LogP contribution in [0, 0.1) is 3.57 Å². The van der Waals surface area contributed by atoms with Gasteiger partial charge in [0.2, 0.25) is 5.91 Å². The number of hydrogen-bond acceptors (Lipinski definition) is 3. The highest BCUT2D eigenvalue weighted by atomic mass is 127. The van der Waals surface area contributed by atoms with E-state index in [9.17, 15) is 4.79 Å². The van der Waals surface area contributed by atoms with Crippen LogP contribution in [0.3, 0.4) is 0 Å². The summed E-state index contributed by atoms with van der Waals surface area (Å²) in [6.07, 6.45) is 1.22. The van der Waals surface area contributed by atoms with E-state index in [1.54, 1.807) is 6.07 Å². The first-order valence-corrected chi connectivity index (χ1v) is 7.35. The van der Waals surface area contributed by atoms with E-state index in [0.29, 0.717) is 17.9 Å². The van der Waals surface area contributed by atoms with Crippen LogP contribution in [-0.4, -0.2) is 5.91 Å². The molecule has 0 aliphatic carbocycles. The van der Waals surface area contributed by atoms with E-state index >= 15 is 0 Å². The number of rotatable bonds is 2. The second-order valence-electron chi connectivity index (χ2n) is 4.65. The SMILES string of the molecule is Nc1cc2c(cc1Oc1ccc(I)cc1)NC(=O)CC2. The summed E-state index contributed by atoms with van der Waals surface area (Å²) in [4.78, 5) is 11.4. The Balaban J connectivity index is 1.91. The summed E-state index contributed by atoms with van der Waals surface area (Å²) in [5.41, 5.74) is 8.44. The molecule has 0 aromatic heterocycles. The first-order valence-electron chi connectivity index (χ1n) is 6.27. The number of ether oxygens (including phenoxy) is 1. The summed E-state index contributed by atoms with van der Waals surface area (Å²) in [6.45, 7) is 0. The number of carbonyl (C=O) groups excluding carboxylic acids is 1. The van der Waals surface area contributed by atoms with Gasteiger partial charge in [-0.05, 0) is 64.9 Å². The molecule has 1 aliphatic rings. The number of halogens is 1. The van der Waals surface area contributed by atoms with Gasteiger partial charge in [0.05, 0.1) is 5.69 Å². The Bertz CT molecular complexity index is 668. The second kappa shape index (κ2) is 5.32. The lowest BCUT2D eigenvalue weighted by molar-refractivity contribution is -0.116. The van der Waals surface area contributed by atoms with Crippen molar-refractivity contribution in [1.82, 2.24) is 0 Å². The second-order valence-corrected chi connectivity index (χ2v) is 5.90. The fourth-order valence-electron chi connectivity index (χ4n) is 2.15. The third kappa shape index (κ3) is 2.72. The fraction of sp³-hybridized carbons (Fsp3) is 0.133. The molecule has 5 heteroatoms. The molecule has 4 nitrogen and oxygen atoms in total. The van der Waals surface area contributed by atoms with Gasteiger partial charge in [-0.3, -0.25) is 4.79 Å². The molecular formula is C15H13IN2O2. The Hall–Kier alpha value is -1.76. The Morgan fingerprint density at radius 2 is 1.90 bits per heavy atom. The van der Waals surface area contributed by atoms with Gasteiger partial charge in [0.25, 0.3) is 0 Å². The van der Waals surface area contributed by atoms with Gasteiger partial charge in [0, 0.05) is 21.7 Å². The summed E-state index contributed by atoms with van der Waals surface area (Å²) in [5, 5.41) is 2.85. The van der Waals surface area contributed by atoms with Crippen molar-refractivity contribution in [3.63, 3.8) is 0 Å². The van der Waals surface area contributed by atoms with E-state index in [0.717, 1.165) is 27.0 Å². The zero-order valence-electron chi connectivity index (χ0n) is 10.7. The van der Waals surface area contributed by atoms with Gasteiger partial charge >= 0.3 is 0 Å². The molecule has 2 aromatic rings. The Labute approximate surface area is 130 Å². The van der Waals surface area contributed by atoms with Gasteiger partial charge in [0.15, 0.2) is 5.75 Å². The van der Waals surface area contributed by atoms with Gasteiger partial charge in [-0.2, -0.15) is 0 Å². The van der Waals surface area contributed by atoms with Crippen LogP contribution in [0.2, 0.25) is 0 Å². The van der Waals surface area contributed by atoms with Crippen molar-refractivity contribution in [2.45, 2.75) is 12.8 Å². The molecule has 102 valence electrons. The van der Waals surface area contributed by atoms with Crippen molar-refractivity contribution < 1.29 is 9.53 Å². The van der Waals surface area contributed by atoms with Crippen LogP contribution in [0.15, 0.2) is 36.4 Å². The van der Waals surface area contributed by atoms with Crippen molar-refractivity contribution in [3.8, 4) is 11.5 Å². The van der Waals surface area contributed by atoms with Gasteiger partial charge in [-0.25, -0.2) is 0 Å². The molecule has 0 radical (unpaired) electrons. The van der Waals surface area contributed by atoms with Crippen molar-refractivity contribution >= 4 is 39.9 Å². The third-order valence-electron chi connectivity index (χ3n) is 3.17. The highest BCUT2D eigenvalue weighted by Gasteiger charge is 2.17. The highest BCUT2D eigenvalue weighted by Crippen LogP contribution is 2.35. The van der Waals surface area contributed by atoms with E-state index in [1.165, 1.54) is 0 Å². The number of benzene rings is 2. The molecule has 1 aliphatic heterocycles. The van der Waals surface area contributed by atoms with Crippen LogP contribution in [0.1, 0.15) is 12.0 Å². The van der Waals surface area contributed by atoms with E-state index < -0.39 is 0 Å². The molecule has 2 aromatic carbocycles. The smallest absolute Gasteiger partial charge is 0.224 e. The van der Waals surface area contributed by atoms with Crippen LogP contribution in [0.5, 0.6) is 11.5 Å². The van der Waals surface area contributed by atoms with Crippen molar-refractivity contribution in [3.05, 3.63) is 45.5 Å². The molecule has 0 spiro atoms. The number of nitrogen functional groups attached to an aromatic ring is 1. The third-order valence-corrected chi connectivity index (χ3v) is 3.89. The Morgan fingerprint density at radius 3 is 2.65 bits per heavy atom. The van der Waals surface area contributed by atoms with Crippen molar-refractivity contribution in [2.24, 2.45) is 0 Å². The molecule has 1 amide bonds. The highest BCUT2D eigenvalue weighted by molar-refractivity contribution is 14.1. The maximum absolute atomic E-state index is 11.4. The standard InChI is InChI=1S/C15H13IN2O2/c16-10-2-4-11(5-3-10)20-14-8-13-9(7-12(14)17)1-6-15(19)18-13/h2-5,7-8H,1,6,17H2,(H,18,19). The summed E-state index contributed by atoms with van der Waals surface area (Å²) in [6, 6.07) is 11.4. The summed E-state index contributed by atoms with van der Waals surface area (Å²) in [5.74, 6) is 1.31. The lowest BCUT2D eigenvalue weighted by atomic mass is 10.0. The Morgan fingerprint density at radius 1 is 1.15 bits per heavy atom. The lowest BCUT2D eigenvalue weighted by Crippen LogP contribution is -2.19. The largest absolute Gasteiger partial charge is 0.455 e. The fourth-order valence-corrected chi connectivity index (χ4v) is 2.51. The zero-order valence-corrected chi connectivity index (χ0v) is 12.8. The lowest BCUT2D eigenvalue weighted by Gasteiger charge is -2.19. The normalized spacial score (nSPS) is 13.6. The maximum Gasteiger partial charge on any atom is 0.224 e. The molecule has 0 unspecified atom stereocenters. The predicted octanol–water partition coefficient (Wildman–Crippen LogP) is 3.55. The quantitative estimate of drug-likeness (QED) is 0.619. The minimum Gasteiger partial charge on any atom is -0.455 e. The maximum atomic E-state index is 11.4. The number of nitrogens with two attached hydrogens (primary N) is 1. The molecule has 0 fully saturated rings. The first-order chi connectivity index (χ1) is 9.61.